The Morgan fingerprint density at radius 2 is 1.93 bits per heavy atom. The molecule has 1 aromatic carbocycles. The third kappa shape index (κ3) is 5.02. The van der Waals surface area contributed by atoms with Crippen LogP contribution >= 0.6 is 0 Å². The third-order valence-electron chi connectivity index (χ3n) is 4.75. The Bertz CT molecular complexity index is 999. The molecule has 0 saturated carbocycles. The van der Waals surface area contributed by atoms with Gasteiger partial charge in [-0.05, 0) is 6.42 Å². The molecular formula is C17H25N6O5S+. The quantitative estimate of drug-likeness (QED) is 0.598. The van der Waals surface area contributed by atoms with Crippen LogP contribution in [-0.4, -0.2) is 71.2 Å². The highest BCUT2D eigenvalue weighted by Gasteiger charge is 2.25. The van der Waals surface area contributed by atoms with E-state index in [0.717, 1.165) is 29.7 Å². The van der Waals surface area contributed by atoms with Crippen molar-refractivity contribution in [1.82, 2.24) is 14.6 Å². The Balaban J connectivity index is 1.79. The van der Waals surface area contributed by atoms with Crippen LogP contribution in [0, 0.1) is 0 Å². The number of methoxy groups -OCH3 is 2. The van der Waals surface area contributed by atoms with Gasteiger partial charge in [-0.2, -0.15) is 13.1 Å². The van der Waals surface area contributed by atoms with Gasteiger partial charge < -0.3 is 14.4 Å². The number of nitrogens with one attached hydrogen (secondary N) is 2. The van der Waals surface area contributed by atoms with Crippen LogP contribution in [0.2, 0.25) is 0 Å². The molecule has 4 N–H and O–H groups in total. The number of H-pyrrole nitrogens is 1. The summed E-state index contributed by atoms with van der Waals surface area (Å²) in [5.74, 6) is 1.76. The minimum atomic E-state index is -3.90. The second-order valence-electron chi connectivity index (χ2n) is 6.56. The molecule has 0 bridgehead atoms. The lowest BCUT2D eigenvalue weighted by Gasteiger charge is -2.20. The molecule has 11 nitrogen and oxygen atoms in total. The van der Waals surface area contributed by atoms with Crippen LogP contribution in [0.3, 0.4) is 0 Å². The molecule has 0 unspecified atom stereocenters. The van der Waals surface area contributed by atoms with Crippen molar-refractivity contribution in [3.05, 3.63) is 18.5 Å². The second-order valence-corrected chi connectivity index (χ2v) is 7.94. The summed E-state index contributed by atoms with van der Waals surface area (Å²) in [4.78, 5) is 23.6. The number of carbonyl (C=O) groups is 1. The molecule has 158 valence electrons. The van der Waals surface area contributed by atoms with Gasteiger partial charge in [0.05, 0.1) is 45.8 Å². The number of anilines is 1. The van der Waals surface area contributed by atoms with Gasteiger partial charge in [-0.1, -0.05) is 0 Å². The molecular weight excluding hydrogens is 400 g/mol. The fourth-order valence-corrected chi connectivity index (χ4v) is 3.66. The lowest BCUT2D eigenvalue weighted by molar-refractivity contribution is -0.366. The Morgan fingerprint density at radius 3 is 2.62 bits per heavy atom. The van der Waals surface area contributed by atoms with E-state index < -0.39 is 10.2 Å². The number of hydrogen-bond donors (Lipinski definition) is 2. The van der Waals surface area contributed by atoms with E-state index in [9.17, 15) is 13.2 Å². The average molecular weight is 425 g/mol. The number of amides is 1. The van der Waals surface area contributed by atoms with Gasteiger partial charge in [0.1, 0.15) is 0 Å². The van der Waals surface area contributed by atoms with Gasteiger partial charge in [0.15, 0.2) is 17.0 Å². The van der Waals surface area contributed by atoms with Crippen LogP contribution in [0.15, 0.2) is 18.5 Å². The third-order valence-corrected chi connectivity index (χ3v) is 5.30. The predicted molar refractivity (Wildman–Crippen MR) is 106 cm³/mol. The van der Waals surface area contributed by atoms with Gasteiger partial charge in [-0.15, -0.1) is 4.98 Å². The highest BCUT2D eigenvalue weighted by Crippen LogP contribution is 2.34. The van der Waals surface area contributed by atoms with Crippen LogP contribution < -0.4 is 29.2 Å². The largest absolute Gasteiger partial charge is 0.493 e. The van der Waals surface area contributed by atoms with E-state index in [1.54, 1.807) is 25.4 Å². The van der Waals surface area contributed by atoms with Crippen LogP contribution in [0.1, 0.15) is 6.42 Å². The monoisotopic (exact) mass is 425 g/mol. The SMILES string of the molecule is COc1cc2nc[nH+]c(N3CCCN(C(=O)CNS(N)(=O)=O)CC3)c2cc1OC. The van der Waals surface area contributed by atoms with Crippen molar-refractivity contribution in [3.8, 4) is 11.5 Å². The molecule has 1 aliphatic heterocycles. The Morgan fingerprint density at radius 1 is 1.21 bits per heavy atom. The Labute approximate surface area is 169 Å². The number of benzene rings is 1. The molecule has 29 heavy (non-hydrogen) atoms. The van der Waals surface area contributed by atoms with Gasteiger partial charge in [-0.25, -0.2) is 10.1 Å². The lowest BCUT2D eigenvalue weighted by Crippen LogP contribution is -2.43. The van der Waals surface area contributed by atoms with Crippen molar-refractivity contribution in [3.63, 3.8) is 0 Å². The van der Waals surface area contributed by atoms with E-state index in [2.05, 4.69) is 14.9 Å². The zero-order chi connectivity index (χ0) is 21.0. The van der Waals surface area contributed by atoms with Crippen molar-refractivity contribution in [1.29, 1.82) is 0 Å². The van der Waals surface area contributed by atoms with Crippen molar-refractivity contribution in [2.24, 2.45) is 5.14 Å². The van der Waals surface area contributed by atoms with Crippen LogP contribution in [0.5, 0.6) is 11.5 Å². The van der Waals surface area contributed by atoms with Gasteiger partial charge in [-0.3, -0.25) is 9.69 Å². The first-order valence-electron chi connectivity index (χ1n) is 9.05. The minimum absolute atomic E-state index is 0.309. The first-order chi connectivity index (χ1) is 13.8. The Kier molecular flexibility index (Phi) is 6.35. The summed E-state index contributed by atoms with van der Waals surface area (Å²) < 4.78 is 34.8. The number of hydrogen-bond acceptors (Lipinski definition) is 7. The van der Waals surface area contributed by atoms with E-state index in [1.165, 1.54) is 0 Å². The molecule has 0 radical (unpaired) electrons. The topological polar surface area (TPSA) is 141 Å². The van der Waals surface area contributed by atoms with Crippen molar-refractivity contribution in [2.45, 2.75) is 6.42 Å². The zero-order valence-corrected chi connectivity index (χ0v) is 17.2. The molecule has 0 spiro atoms. The Hall–Kier alpha value is -2.70. The lowest BCUT2D eigenvalue weighted by atomic mass is 10.2. The highest BCUT2D eigenvalue weighted by atomic mass is 32.2. The molecule has 1 aliphatic rings. The maximum atomic E-state index is 12.3. The minimum Gasteiger partial charge on any atom is -0.493 e. The molecule has 1 aromatic heterocycles. The highest BCUT2D eigenvalue weighted by molar-refractivity contribution is 7.87. The van der Waals surface area contributed by atoms with Crippen molar-refractivity contribution < 1.29 is 27.7 Å². The fourth-order valence-electron chi connectivity index (χ4n) is 3.33. The zero-order valence-electron chi connectivity index (χ0n) is 16.3. The molecule has 2 heterocycles. The molecule has 1 saturated heterocycles. The van der Waals surface area contributed by atoms with Crippen molar-refractivity contribution >= 4 is 32.8 Å². The number of nitrogens with two attached hydrogens (primary N) is 1. The number of ether oxygens (including phenoxy) is 2. The molecule has 0 atom stereocenters. The number of rotatable bonds is 6. The summed E-state index contributed by atoms with van der Waals surface area (Å²) in [5, 5.41) is 5.77. The molecule has 0 aliphatic carbocycles. The van der Waals surface area contributed by atoms with Gasteiger partial charge in [0, 0.05) is 18.7 Å². The normalized spacial score (nSPS) is 15.3. The number of aromatic amines is 1. The molecule has 12 heteroatoms. The number of aromatic nitrogens is 2. The number of nitrogens with zero attached hydrogens (tertiary/aromatic N) is 3. The van der Waals surface area contributed by atoms with E-state index in [4.69, 9.17) is 14.6 Å². The van der Waals surface area contributed by atoms with E-state index in [-0.39, 0.29) is 12.5 Å². The summed E-state index contributed by atoms with van der Waals surface area (Å²) in [6, 6.07) is 3.69. The van der Waals surface area contributed by atoms with E-state index >= 15 is 0 Å². The van der Waals surface area contributed by atoms with Gasteiger partial charge in [0.25, 0.3) is 10.2 Å². The summed E-state index contributed by atoms with van der Waals surface area (Å²) in [6.45, 7) is 1.93. The van der Waals surface area contributed by atoms with Crippen molar-refractivity contribution in [2.75, 3.05) is 51.8 Å². The molecule has 3 rings (SSSR count). The predicted octanol–water partition coefficient (Wildman–Crippen LogP) is -1.10. The van der Waals surface area contributed by atoms with Crippen LogP contribution in [0.25, 0.3) is 10.9 Å². The fraction of sp³-hybridized carbons (Fsp3) is 0.471. The van der Waals surface area contributed by atoms with Gasteiger partial charge >= 0.3 is 0 Å². The van der Waals surface area contributed by atoms with Crippen LogP contribution in [-0.2, 0) is 15.0 Å². The molecule has 1 amide bonds. The summed E-state index contributed by atoms with van der Waals surface area (Å²) in [5.41, 5.74) is 0.755. The first-order valence-corrected chi connectivity index (χ1v) is 10.6. The number of carbonyl (C=O) groups excluding carboxylic acids is 1. The van der Waals surface area contributed by atoms with Crippen LogP contribution in [0.4, 0.5) is 5.82 Å². The molecule has 1 fully saturated rings. The number of fused-ring (bicyclic) bond motifs is 1. The van der Waals surface area contributed by atoms with E-state index in [1.807, 2.05) is 16.9 Å². The summed E-state index contributed by atoms with van der Waals surface area (Å²) >= 11 is 0. The first kappa shape index (κ1) is 21.0. The van der Waals surface area contributed by atoms with E-state index in [0.29, 0.717) is 31.1 Å². The summed E-state index contributed by atoms with van der Waals surface area (Å²) in [7, 11) is -0.747. The molecule has 2 aromatic rings. The van der Waals surface area contributed by atoms with Gasteiger partial charge in [0.2, 0.25) is 18.1 Å². The summed E-state index contributed by atoms with van der Waals surface area (Å²) in [6.07, 6.45) is 2.35. The smallest absolute Gasteiger partial charge is 0.274 e. The maximum Gasteiger partial charge on any atom is 0.274 e. The average Bonchev–Trinajstić information content (AvgIpc) is 2.96. The maximum absolute atomic E-state index is 12.3. The second kappa shape index (κ2) is 8.76. The standard InChI is InChI=1S/C17H24N6O5S/c1-27-14-8-12-13(9-15(14)28-2)19-11-20-17(12)23-5-3-4-22(6-7-23)16(24)10-21-29(18,25)26/h8-9,11,21H,3-7,10H2,1-2H3,(H2,18,25,26)/p+1.